The lowest BCUT2D eigenvalue weighted by atomic mass is 9.70. The molecule has 0 radical (unpaired) electrons. The molecule has 0 amide bonds. The fourth-order valence-corrected chi connectivity index (χ4v) is 3.16. The van der Waals surface area contributed by atoms with Crippen molar-refractivity contribution in [2.45, 2.75) is 44.3 Å². The van der Waals surface area contributed by atoms with Gasteiger partial charge in [-0.15, -0.1) is 0 Å². The van der Waals surface area contributed by atoms with Gasteiger partial charge in [0.05, 0.1) is 13.2 Å². The zero-order valence-electron chi connectivity index (χ0n) is 9.04. The van der Waals surface area contributed by atoms with E-state index in [9.17, 15) is 4.79 Å². The number of carbonyl (C=O) groups is 1. The van der Waals surface area contributed by atoms with E-state index >= 15 is 0 Å². The van der Waals surface area contributed by atoms with Crippen molar-refractivity contribution in [2.24, 2.45) is 11.3 Å². The van der Waals surface area contributed by atoms with Crippen molar-refractivity contribution in [1.29, 1.82) is 0 Å². The van der Waals surface area contributed by atoms with Gasteiger partial charge in [0.1, 0.15) is 6.29 Å². The molecule has 3 rings (SSSR count). The molecule has 0 aromatic carbocycles. The van der Waals surface area contributed by atoms with Crippen molar-refractivity contribution >= 4 is 6.29 Å². The van der Waals surface area contributed by atoms with Crippen LogP contribution >= 0.6 is 0 Å². The molecule has 3 nitrogen and oxygen atoms in total. The summed E-state index contributed by atoms with van der Waals surface area (Å²) in [5.74, 6) is 0.343. The van der Waals surface area contributed by atoms with Gasteiger partial charge in [0.2, 0.25) is 0 Å². The molecule has 0 atom stereocenters. The maximum absolute atomic E-state index is 11.3. The highest BCUT2D eigenvalue weighted by atomic mass is 16.7. The van der Waals surface area contributed by atoms with Crippen molar-refractivity contribution in [3.05, 3.63) is 0 Å². The number of aldehydes is 1. The van der Waals surface area contributed by atoms with E-state index in [0.717, 1.165) is 38.9 Å². The van der Waals surface area contributed by atoms with Gasteiger partial charge in [0.15, 0.2) is 5.79 Å². The maximum atomic E-state index is 11.3. The Labute approximate surface area is 90.1 Å². The summed E-state index contributed by atoms with van der Waals surface area (Å²) in [5, 5.41) is 0. The molecule has 0 N–H and O–H groups in total. The molecule has 15 heavy (non-hydrogen) atoms. The number of rotatable bonds is 2. The van der Waals surface area contributed by atoms with Crippen molar-refractivity contribution < 1.29 is 14.3 Å². The largest absolute Gasteiger partial charge is 0.348 e. The Morgan fingerprint density at radius 3 is 2.07 bits per heavy atom. The second kappa shape index (κ2) is 3.29. The summed E-state index contributed by atoms with van der Waals surface area (Å²) < 4.78 is 11.4. The minimum absolute atomic E-state index is 0.0272. The van der Waals surface area contributed by atoms with Crippen LogP contribution in [0.5, 0.6) is 0 Å². The lowest BCUT2D eigenvalue weighted by Crippen LogP contribution is -2.41. The van der Waals surface area contributed by atoms with E-state index in [-0.39, 0.29) is 11.2 Å². The smallest absolute Gasteiger partial charge is 0.168 e. The van der Waals surface area contributed by atoms with Crippen LogP contribution in [0.15, 0.2) is 0 Å². The molecule has 0 aromatic heterocycles. The van der Waals surface area contributed by atoms with Gasteiger partial charge in [-0.05, 0) is 31.6 Å². The van der Waals surface area contributed by atoms with Gasteiger partial charge in [-0.1, -0.05) is 0 Å². The molecule has 2 saturated carbocycles. The van der Waals surface area contributed by atoms with Gasteiger partial charge in [0, 0.05) is 18.3 Å². The summed E-state index contributed by atoms with van der Waals surface area (Å²) in [6, 6.07) is 0. The zero-order valence-corrected chi connectivity index (χ0v) is 9.04. The number of hydrogen-bond donors (Lipinski definition) is 0. The van der Waals surface area contributed by atoms with Crippen LogP contribution < -0.4 is 0 Å². The summed E-state index contributed by atoms with van der Waals surface area (Å²) in [6.45, 7) is 1.44. The fourth-order valence-electron chi connectivity index (χ4n) is 3.16. The molecule has 3 fully saturated rings. The molecule has 0 aromatic rings. The van der Waals surface area contributed by atoms with Crippen molar-refractivity contribution in [3.8, 4) is 0 Å². The van der Waals surface area contributed by atoms with Gasteiger partial charge >= 0.3 is 0 Å². The molecule has 3 aliphatic rings. The summed E-state index contributed by atoms with van der Waals surface area (Å²) in [5.41, 5.74) is -0.0272. The first-order chi connectivity index (χ1) is 7.29. The summed E-state index contributed by atoms with van der Waals surface area (Å²) >= 11 is 0. The Hall–Kier alpha value is -0.410. The Bertz CT molecular complexity index is 254. The van der Waals surface area contributed by atoms with E-state index in [1.807, 2.05) is 0 Å². The molecular weight excluding hydrogens is 192 g/mol. The Balaban J connectivity index is 1.70. The van der Waals surface area contributed by atoms with Crippen LogP contribution in [0.4, 0.5) is 0 Å². The van der Waals surface area contributed by atoms with Crippen LogP contribution in [0.1, 0.15) is 38.5 Å². The lowest BCUT2D eigenvalue weighted by Gasteiger charge is -2.40. The second-order valence-corrected chi connectivity index (χ2v) is 5.23. The van der Waals surface area contributed by atoms with E-state index in [2.05, 4.69) is 0 Å². The average Bonchev–Trinajstić information content (AvgIpc) is 3.04. The topological polar surface area (TPSA) is 35.5 Å². The molecule has 1 aliphatic heterocycles. The van der Waals surface area contributed by atoms with Crippen LogP contribution in [0.3, 0.4) is 0 Å². The third-order valence-corrected chi connectivity index (χ3v) is 4.38. The van der Waals surface area contributed by atoms with Gasteiger partial charge in [-0.2, -0.15) is 0 Å². The monoisotopic (exact) mass is 210 g/mol. The van der Waals surface area contributed by atoms with Crippen LogP contribution in [-0.4, -0.2) is 25.3 Å². The maximum Gasteiger partial charge on any atom is 0.168 e. The fraction of sp³-hybridized carbons (Fsp3) is 0.917. The van der Waals surface area contributed by atoms with Crippen LogP contribution in [0.25, 0.3) is 0 Å². The minimum atomic E-state index is -0.318. The summed E-state index contributed by atoms with van der Waals surface area (Å²) in [6.07, 6.45) is 7.43. The average molecular weight is 210 g/mol. The Kier molecular flexibility index (Phi) is 2.15. The first kappa shape index (κ1) is 9.79. The highest BCUT2D eigenvalue weighted by Crippen LogP contribution is 2.55. The van der Waals surface area contributed by atoms with Gasteiger partial charge in [0.25, 0.3) is 0 Å². The Morgan fingerprint density at radius 2 is 1.60 bits per heavy atom. The predicted molar refractivity (Wildman–Crippen MR) is 54.3 cm³/mol. The number of ether oxygens (including phenoxy) is 2. The molecule has 84 valence electrons. The molecular formula is C12H18O3. The molecule has 2 aliphatic carbocycles. The minimum Gasteiger partial charge on any atom is -0.348 e. The van der Waals surface area contributed by atoms with Crippen molar-refractivity contribution in [2.75, 3.05) is 13.2 Å². The number of carbonyl (C=O) groups excluding carboxylic acids is 1. The van der Waals surface area contributed by atoms with Gasteiger partial charge in [-0.25, -0.2) is 0 Å². The third-order valence-electron chi connectivity index (χ3n) is 4.38. The SMILES string of the molecule is O=CC1(C2CC2)CCC2(CC1)OCCO2. The lowest BCUT2D eigenvalue weighted by molar-refractivity contribution is -0.192. The second-order valence-electron chi connectivity index (χ2n) is 5.23. The van der Waals surface area contributed by atoms with E-state index in [0.29, 0.717) is 5.92 Å². The highest BCUT2D eigenvalue weighted by molar-refractivity contribution is 5.61. The standard InChI is InChI=1S/C12H18O3/c13-9-11(10-1-2-10)3-5-12(6-4-11)14-7-8-15-12/h9-10H,1-8H2. The normalized spacial score (nSPS) is 33.1. The highest BCUT2D eigenvalue weighted by Gasteiger charge is 2.52. The van der Waals surface area contributed by atoms with Gasteiger partial charge < -0.3 is 14.3 Å². The molecule has 3 heteroatoms. The van der Waals surface area contributed by atoms with Crippen molar-refractivity contribution in [1.82, 2.24) is 0 Å². The molecule has 0 bridgehead atoms. The van der Waals surface area contributed by atoms with Crippen LogP contribution in [0.2, 0.25) is 0 Å². The number of hydrogen-bond acceptors (Lipinski definition) is 3. The van der Waals surface area contributed by atoms with E-state index in [1.54, 1.807) is 0 Å². The van der Waals surface area contributed by atoms with Crippen LogP contribution in [-0.2, 0) is 14.3 Å². The summed E-state index contributed by atoms with van der Waals surface area (Å²) in [4.78, 5) is 11.3. The Morgan fingerprint density at radius 1 is 1.00 bits per heavy atom. The van der Waals surface area contributed by atoms with E-state index < -0.39 is 0 Å². The first-order valence-electron chi connectivity index (χ1n) is 6.03. The molecule has 1 heterocycles. The molecule has 1 saturated heterocycles. The predicted octanol–water partition coefficient (Wildman–Crippen LogP) is 1.90. The van der Waals surface area contributed by atoms with E-state index in [4.69, 9.17) is 9.47 Å². The molecule has 0 unspecified atom stereocenters. The van der Waals surface area contributed by atoms with E-state index in [1.165, 1.54) is 19.1 Å². The quantitative estimate of drug-likeness (QED) is 0.653. The zero-order chi connectivity index (χ0) is 10.4. The van der Waals surface area contributed by atoms with Gasteiger partial charge in [-0.3, -0.25) is 0 Å². The summed E-state index contributed by atoms with van der Waals surface area (Å²) in [7, 11) is 0. The van der Waals surface area contributed by atoms with Crippen molar-refractivity contribution in [3.63, 3.8) is 0 Å². The molecule has 1 spiro atoms. The van der Waals surface area contributed by atoms with Crippen LogP contribution in [0, 0.1) is 11.3 Å². The first-order valence-corrected chi connectivity index (χ1v) is 6.03. The third kappa shape index (κ3) is 1.53.